The molecule has 0 bridgehead atoms. The van der Waals surface area contributed by atoms with Gasteiger partial charge in [-0.05, 0) is 104 Å². The van der Waals surface area contributed by atoms with Crippen LogP contribution in [0.5, 0.6) is 0 Å². The van der Waals surface area contributed by atoms with E-state index in [-0.39, 0.29) is 47.2 Å². The summed E-state index contributed by atoms with van der Waals surface area (Å²) in [4.78, 5) is 5.90. The summed E-state index contributed by atoms with van der Waals surface area (Å²) in [7, 11) is -9.93. The molecule has 24 heteroatoms. The third-order valence-electron chi connectivity index (χ3n) is 12.0. The van der Waals surface area contributed by atoms with Crippen molar-refractivity contribution in [2.45, 2.75) is 99.8 Å². The van der Waals surface area contributed by atoms with Gasteiger partial charge >= 0.3 is 12.4 Å². The van der Waals surface area contributed by atoms with Crippen LogP contribution >= 0.6 is 0 Å². The Morgan fingerprint density at radius 1 is 0.696 bits per heavy atom. The summed E-state index contributed by atoms with van der Waals surface area (Å²) in [6, 6.07) is 10.3. The van der Waals surface area contributed by atoms with Crippen LogP contribution in [0.3, 0.4) is 0 Å². The molecule has 6 heterocycles. The maximum absolute atomic E-state index is 14.4. The maximum atomic E-state index is 14.4. The van der Waals surface area contributed by atoms with E-state index in [0.717, 1.165) is 62.2 Å². The summed E-state index contributed by atoms with van der Waals surface area (Å²) in [6.45, 7) is 7.47. The minimum absolute atomic E-state index is 0. The number of benzene rings is 2. The van der Waals surface area contributed by atoms with Crippen LogP contribution in [-0.2, 0) is 43.9 Å². The number of aromatic amines is 1. The molecule has 2 aliphatic heterocycles. The van der Waals surface area contributed by atoms with Crippen LogP contribution in [0.15, 0.2) is 95.2 Å². The second-order valence-electron chi connectivity index (χ2n) is 18.3. The number of pyridine rings is 2. The fraction of sp³-hybridized carbons (Fsp3) is 0.378. The molecule has 0 saturated heterocycles. The molecule has 6 aromatic rings. The fourth-order valence-corrected chi connectivity index (χ4v) is 12.5. The van der Waals surface area contributed by atoms with E-state index in [4.69, 9.17) is 4.74 Å². The summed E-state index contributed by atoms with van der Waals surface area (Å²) < 4.78 is 171. The molecule has 2 aliphatic carbocycles. The zero-order valence-electron chi connectivity index (χ0n) is 36.4. The Balaban J connectivity index is 0.000000188. The van der Waals surface area contributed by atoms with Crippen LogP contribution in [0.4, 0.5) is 46.5 Å². The van der Waals surface area contributed by atoms with Gasteiger partial charge in [0.1, 0.15) is 39.5 Å². The summed E-state index contributed by atoms with van der Waals surface area (Å²) in [5.41, 5.74) is 0.949. The van der Waals surface area contributed by atoms with Crippen molar-refractivity contribution in [3.8, 4) is 22.5 Å². The predicted molar refractivity (Wildman–Crippen MR) is 241 cm³/mol. The highest BCUT2D eigenvalue weighted by Gasteiger charge is 2.49. The van der Waals surface area contributed by atoms with Crippen LogP contribution in [0.1, 0.15) is 67.7 Å². The number of anilines is 2. The summed E-state index contributed by atoms with van der Waals surface area (Å²) in [5, 5.41) is 11.5. The Hall–Kier alpha value is -5.72. The van der Waals surface area contributed by atoms with Gasteiger partial charge < -0.3 is 4.74 Å². The molecule has 13 nitrogen and oxygen atoms in total. The quantitative estimate of drug-likeness (QED) is 0.0758. The van der Waals surface area contributed by atoms with Crippen molar-refractivity contribution in [1.82, 2.24) is 29.9 Å². The average Bonchev–Trinajstić information content (AvgIpc) is 4.20. The monoisotopic (exact) mass is 1020 g/mol. The van der Waals surface area contributed by atoms with Crippen molar-refractivity contribution < 1.29 is 56.7 Å². The lowest BCUT2D eigenvalue weighted by atomic mass is 9.93. The molecule has 0 amide bonds. The lowest BCUT2D eigenvalue weighted by molar-refractivity contribution is -0.142. The molecule has 368 valence electrons. The second-order valence-corrected chi connectivity index (χ2v) is 27.5. The van der Waals surface area contributed by atoms with Gasteiger partial charge in [0.05, 0.1) is 41.0 Å². The molecule has 4 aliphatic rings. The number of ether oxygens (including phenoxy) is 1. The van der Waals surface area contributed by atoms with Crippen molar-refractivity contribution in [3.05, 3.63) is 120 Å². The van der Waals surface area contributed by atoms with Gasteiger partial charge in [-0.25, -0.2) is 30.3 Å². The van der Waals surface area contributed by atoms with Gasteiger partial charge in [-0.15, -0.1) is 0 Å². The van der Waals surface area contributed by atoms with Crippen molar-refractivity contribution in [1.29, 1.82) is 0 Å². The van der Waals surface area contributed by atoms with Gasteiger partial charge in [0, 0.05) is 55.5 Å². The van der Waals surface area contributed by atoms with Gasteiger partial charge in [0.15, 0.2) is 0 Å². The van der Waals surface area contributed by atoms with Gasteiger partial charge in [0.25, 0.3) is 20.0 Å². The highest BCUT2D eigenvalue weighted by Crippen LogP contribution is 2.56. The third-order valence-corrected chi connectivity index (χ3v) is 17.3. The molecule has 2 saturated carbocycles. The Morgan fingerprint density at radius 2 is 1.19 bits per heavy atom. The third kappa shape index (κ3) is 9.76. The Labute approximate surface area is 393 Å². The Morgan fingerprint density at radius 3 is 1.65 bits per heavy atom. The second kappa shape index (κ2) is 17.9. The molecular formula is C45H46F8N8O5S2Si. The first-order valence-corrected chi connectivity index (χ1v) is 28.0. The van der Waals surface area contributed by atoms with E-state index in [1.165, 1.54) is 39.1 Å². The molecule has 10 rings (SSSR count). The summed E-state index contributed by atoms with van der Waals surface area (Å²) in [5.74, 6) is -1.10. The number of hydrogen-bond acceptors (Lipinski definition) is 9. The van der Waals surface area contributed by atoms with E-state index < -0.39 is 75.6 Å². The van der Waals surface area contributed by atoms with Crippen LogP contribution in [-0.4, -0.2) is 61.5 Å². The molecule has 2 fully saturated rings. The van der Waals surface area contributed by atoms with E-state index in [2.05, 4.69) is 44.9 Å². The average molecular weight is 1020 g/mol. The lowest BCUT2D eigenvalue weighted by Gasteiger charge is -2.37. The molecule has 69 heavy (non-hydrogen) atoms. The van der Waals surface area contributed by atoms with E-state index in [1.54, 1.807) is 10.9 Å². The number of rotatable bonds is 11. The van der Waals surface area contributed by atoms with Gasteiger partial charge in [-0.3, -0.25) is 23.7 Å². The number of nitrogens with zero attached hydrogens (tertiary/aromatic N) is 7. The number of fused-ring (bicyclic) bond motifs is 6. The molecular weight excluding hydrogens is 977 g/mol. The summed E-state index contributed by atoms with van der Waals surface area (Å²) >= 11 is 0. The lowest BCUT2D eigenvalue weighted by Crippen LogP contribution is -2.38. The van der Waals surface area contributed by atoms with Crippen LogP contribution in [0, 0.1) is 23.5 Å². The first kappa shape index (κ1) is 49.7. The summed E-state index contributed by atoms with van der Waals surface area (Å²) in [6.07, 6.45) is -1.58. The molecule has 2 aromatic carbocycles. The molecule has 2 atom stereocenters. The normalized spacial score (nSPS) is 18.0. The number of H-pyrrole nitrogens is 1. The molecule has 1 N–H and O–H groups in total. The van der Waals surface area contributed by atoms with Crippen LogP contribution in [0.25, 0.3) is 22.5 Å². The maximum Gasteiger partial charge on any atom is 0.433 e. The van der Waals surface area contributed by atoms with E-state index in [1.807, 2.05) is 0 Å². The van der Waals surface area contributed by atoms with Gasteiger partial charge in [-0.1, -0.05) is 27.1 Å². The topological polar surface area (TPSA) is 156 Å². The minimum atomic E-state index is -4.70. The standard InChI is InChI=1S/C25H28F4N4O3SSi.C19H14F4N4O2S.CH4/c1-38(2,3)11-10-36-15-32-14-20-23(31-32)19-12-17(26)6-8-21(19)33(24(20)16-4-5-16)37(34,35)18-7-9-22(30-13-18)25(27,28)29;20-11-3-5-15-13(7-11)17-14(9-25-26-17)18(10-1-2-10)27(15)30(28,29)12-4-6-16(24-8-12)19(21,22)23;/h6-9,12-14,16,24H,4-5,10-11,15H2,1-3H3;3-10,18H,1-2H2,(H,25,26);1H4/t24-;18-;/m11./s1. The molecule has 0 spiro atoms. The fourth-order valence-electron chi connectivity index (χ4n) is 8.44. The van der Waals surface area contributed by atoms with E-state index >= 15 is 0 Å². The number of sulfonamides is 2. The van der Waals surface area contributed by atoms with E-state index in [0.29, 0.717) is 58.6 Å². The number of halogens is 8. The Kier molecular flexibility index (Phi) is 12.9. The largest absolute Gasteiger partial charge is 0.433 e. The molecule has 0 unspecified atom stereocenters. The van der Waals surface area contributed by atoms with E-state index in [9.17, 15) is 52.0 Å². The van der Waals surface area contributed by atoms with Gasteiger partial charge in [-0.2, -0.15) is 36.5 Å². The van der Waals surface area contributed by atoms with Crippen molar-refractivity contribution >= 4 is 39.5 Å². The first-order chi connectivity index (χ1) is 31.9. The Bertz CT molecular complexity index is 3100. The predicted octanol–water partition coefficient (Wildman–Crippen LogP) is 11.0. The van der Waals surface area contributed by atoms with Crippen LogP contribution < -0.4 is 8.61 Å². The zero-order chi connectivity index (χ0) is 48.7. The van der Waals surface area contributed by atoms with Crippen LogP contribution in [0.2, 0.25) is 25.7 Å². The molecule has 4 aromatic heterocycles. The van der Waals surface area contributed by atoms with Crippen molar-refractivity contribution in [3.63, 3.8) is 0 Å². The zero-order valence-corrected chi connectivity index (χ0v) is 39.0. The van der Waals surface area contributed by atoms with Crippen molar-refractivity contribution in [2.75, 3.05) is 15.2 Å². The molecule has 0 radical (unpaired) electrons. The highest BCUT2D eigenvalue weighted by atomic mass is 32.2. The van der Waals surface area contributed by atoms with Gasteiger partial charge in [0.2, 0.25) is 0 Å². The first-order valence-electron chi connectivity index (χ1n) is 21.4. The minimum Gasteiger partial charge on any atom is -0.360 e. The number of nitrogens with one attached hydrogen (secondary N) is 1. The van der Waals surface area contributed by atoms with Crippen molar-refractivity contribution in [2.24, 2.45) is 11.8 Å². The number of alkyl halides is 6. The number of hydrogen-bond donors (Lipinski definition) is 1. The highest BCUT2D eigenvalue weighted by molar-refractivity contribution is 7.93. The number of aromatic nitrogens is 6. The smallest absolute Gasteiger partial charge is 0.360 e. The SMILES string of the molecule is C.C[Si](C)(C)CCOCn1cc2c(n1)-c1cc(F)ccc1N(S(=O)(=O)c1ccc(C(F)(F)F)nc1)[C@@H]2C1CC1.O=S(=O)(c1ccc(C(F)(F)F)nc1)N1c2ccc(F)cc2-c2[nH]ncc2[C@H]1C1CC1.